The molecular formula is C12H11F2NO3. The summed E-state index contributed by atoms with van der Waals surface area (Å²) in [6.07, 6.45) is -0.0243. The van der Waals surface area contributed by atoms with E-state index in [-0.39, 0.29) is 24.6 Å². The molecule has 0 aromatic heterocycles. The van der Waals surface area contributed by atoms with E-state index in [2.05, 4.69) is 4.74 Å². The van der Waals surface area contributed by atoms with E-state index in [9.17, 15) is 18.4 Å². The van der Waals surface area contributed by atoms with Crippen LogP contribution in [0.1, 0.15) is 6.42 Å². The number of esters is 1. The lowest BCUT2D eigenvalue weighted by Crippen LogP contribution is -2.27. The molecule has 4 nitrogen and oxygen atoms in total. The second kappa shape index (κ2) is 4.72. The maximum absolute atomic E-state index is 13.5. The Morgan fingerprint density at radius 3 is 2.78 bits per heavy atom. The number of anilines is 1. The summed E-state index contributed by atoms with van der Waals surface area (Å²) in [5, 5.41) is 0. The van der Waals surface area contributed by atoms with Gasteiger partial charge in [-0.1, -0.05) is 0 Å². The highest BCUT2D eigenvalue weighted by Gasteiger charge is 2.36. The van der Waals surface area contributed by atoms with Crippen molar-refractivity contribution in [1.82, 2.24) is 0 Å². The largest absolute Gasteiger partial charge is 0.469 e. The van der Waals surface area contributed by atoms with E-state index < -0.39 is 23.5 Å². The number of benzene rings is 1. The summed E-state index contributed by atoms with van der Waals surface area (Å²) in [6.45, 7) is 0.0497. The first-order chi connectivity index (χ1) is 8.52. The van der Waals surface area contributed by atoms with Crippen LogP contribution in [0.25, 0.3) is 0 Å². The SMILES string of the molecule is COC(=O)[C@@H]1CC(=O)N(c2ccc(F)cc2F)C1. The van der Waals surface area contributed by atoms with Gasteiger partial charge in [-0.3, -0.25) is 9.59 Å². The van der Waals surface area contributed by atoms with Crippen LogP contribution < -0.4 is 4.90 Å². The number of carbonyl (C=O) groups excluding carboxylic acids is 2. The van der Waals surface area contributed by atoms with E-state index in [1.807, 2.05) is 0 Å². The standard InChI is InChI=1S/C12H11F2NO3/c1-18-12(17)7-4-11(16)15(6-7)10-3-2-8(13)5-9(10)14/h2-3,5,7H,4,6H2,1H3/t7-/m1/s1. The van der Waals surface area contributed by atoms with E-state index in [0.29, 0.717) is 6.07 Å². The highest BCUT2D eigenvalue weighted by atomic mass is 19.1. The zero-order valence-corrected chi connectivity index (χ0v) is 9.65. The molecule has 18 heavy (non-hydrogen) atoms. The molecule has 0 N–H and O–H groups in total. The summed E-state index contributed by atoms with van der Waals surface area (Å²) < 4.78 is 30.9. The molecular weight excluding hydrogens is 244 g/mol. The molecule has 96 valence electrons. The van der Waals surface area contributed by atoms with Crippen LogP contribution in [0, 0.1) is 17.6 Å². The van der Waals surface area contributed by atoms with Crippen molar-refractivity contribution < 1.29 is 23.1 Å². The Bertz CT molecular complexity index is 504. The molecule has 0 aliphatic carbocycles. The number of ether oxygens (including phenoxy) is 1. The van der Waals surface area contributed by atoms with Gasteiger partial charge < -0.3 is 9.64 Å². The number of amides is 1. The molecule has 1 saturated heterocycles. The average molecular weight is 255 g/mol. The minimum absolute atomic E-state index is 0.0206. The molecule has 1 aliphatic rings. The molecule has 0 spiro atoms. The molecule has 0 saturated carbocycles. The molecule has 0 bridgehead atoms. The van der Waals surface area contributed by atoms with E-state index >= 15 is 0 Å². The first-order valence-corrected chi connectivity index (χ1v) is 5.36. The van der Waals surface area contributed by atoms with E-state index in [0.717, 1.165) is 11.0 Å². The van der Waals surface area contributed by atoms with Gasteiger partial charge in [0.05, 0.1) is 18.7 Å². The molecule has 1 aromatic rings. The average Bonchev–Trinajstić information content (AvgIpc) is 2.70. The summed E-state index contributed by atoms with van der Waals surface area (Å²) in [4.78, 5) is 24.2. The summed E-state index contributed by atoms with van der Waals surface area (Å²) in [5.41, 5.74) is -0.0206. The summed E-state index contributed by atoms with van der Waals surface area (Å²) in [5.74, 6) is -3.03. The molecule has 2 rings (SSSR count). The Kier molecular flexibility index (Phi) is 3.27. The van der Waals surface area contributed by atoms with Crippen LogP contribution >= 0.6 is 0 Å². The zero-order valence-electron chi connectivity index (χ0n) is 9.65. The van der Waals surface area contributed by atoms with Crippen molar-refractivity contribution in [3.8, 4) is 0 Å². The van der Waals surface area contributed by atoms with Gasteiger partial charge in [-0.2, -0.15) is 0 Å². The van der Waals surface area contributed by atoms with Crippen molar-refractivity contribution in [3.05, 3.63) is 29.8 Å². The van der Waals surface area contributed by atoms with Gasteiger partial charge in [-0.15, -0.1) is 0 Å². The third-order valence-corrected chi connectivity index (χ3v) is 2.86. The van der Waals surface area contributed by atoms with Crippen molar-refractivity contribution in [3.63, 3.8) is 0 Å². The van der Waals surface area contributed by atoms with Gasteiger partial charge in [-0.05, 0) is 12.1 Å². The number of halogens is 2. The minimum atomic E-state index is -0.825. The normalized spacial score (nSPS) is 19.2. The van der Waals surface area contributed by atoms with Crippen LogP contribution in [-0.4, -0.2) is 25.5 Å². The van der Waals surface area contributed by atoms with Gasteiger partial charge in [0.2, 0.25) is 5.91 Å². The first kappa shape index (κ1) is 12.5. The summed E-state index contributed by atoms with van der Waals surface area (Å²) in [6, 6.07) is 2.95. The van der Waals surface area contributed by atoms with Crippen LogP contribution in [0.2, 0.25) is 0 Å². The molecule has 6 heteroatoms. The van der Waals surface area contributed by atoms with Crippen LogP contribution in [-0.2, 0) is 14.3 Å². The van der Waals surface area contributed by atoms with Crippen LogP contribution in [0.5, 0.6) is 0 Å². The van der Waals surface area contributed by atoms with E-state index in [1.165, 1.54) is 13.2 Å². The highest BCUT2D eigenvalue weighted by Crippen LogP contribution is 2.28. The maximum atomic E-state index is 13.5. The number of carbonyl (C=O) groups is 2. The maximum Gasteiger partial charge on any atom is 0.311 e. The van der Waals surface area contributed by atoms with Gasteiger partial charge in [0, 0.05) is 19.0 Å². The quantitative estimate of drug-likeness (QED) is 0.752. The van der Waals surface area contributed by atoms with Crippen molar-refractivity contribution >= 4 is 17.6 Å². The minimum Gasteiger partial charge on any atom is -0.469 e. The van der Waals surface area contributed by atoms with Crippen molar-refractivity contribution in [2.75, 3.05) is 18.6 Å². The number of nitrogens with zero attached hydrogens (tertiary/aromatic N) is 1. The van der Waals surface area contributed by atoms with Crippen LogP contribution in [0.3, 0.4) is 0 Å². The highest BCUT2D eigenvalue weighted by molar-refractivity contribution is 5.99. The fraction of sp³-hybridized carbons (Fsp3) is 0.333. The third kappa shape index (κ3) is 2.18. The topological polar surface area (TPSA) is 46.6 Å². The Labute approximate surface area is 102 Å². The number of rotatable bonds is 2. The molecule has 1 aliphatic heterocycles. The molecule has 0 unspecified atom stereocenters. The molecule has 1 fully saturated rings. The molecule has 1 atom stereocenters. The summed E-state index contributed by atoms with van der Waals surface area (Å²) in [7, 11) is 1.23. The Hall–Kier alpha value is -1.98. The second-order valence-electron chi connectivity index (χ2n) is 4.02. The molecule has 1 amide bonds. The van der Waals surface area contributed by atoms with Gasteiger partial charge in [0.1, 0.15) is 11.6 Å². The lowest BCUT2D eigenvalue weighted by atomic mass is 10.1. The fourth-order valence-corrected chi connectivity index (χ4v) is 1.97. The van der Waals surface area contributed by atoms with E-state index in [4.69, 9.17) is 0 Å². The third-order valence-electron chi connectivity index (χ3n) is 2.86. The van der Waals surface area contributed by atoms with Gasteiger partial charge in [0.15, 0.2) is 0 Å². The number of hydrogen-bond donors (Lipinski definition) is 0. The number of hydrogen-bond acceptors (Lipinski definition) is 3. The Morgan fingerprint density at radius 2 is 2.17 bits per heavy atom. The smallest absolute Gasteiger partial charge is 0.311 e. The number of methoxy groups -OCH3 is 1. The monoisotopic (exact) mass is 255 g/mol. The summed E-state index contributed by atoms with van der Waals surface area (Å²) >= 11 is 0. The predicted octanol–water partition coefficient (Wildman–Crippen LogP) is 1.49. The molecule has 1 heterocycles. The van der Waals surface area contributed by atoms with Crippen molar-refractivity contribution in [2.45, 2.75) is 6.42 Å². The van der Waals surface area contributed by atoms with Crippen LogP contribution in [0.4, 0.5) is 14.5 Å². The predicted molar refractivity (Wildman–Crippen MR) is 58.8 cm³/mol. The Balaban J connectivity index is 2.24. The second-order valence-corrected chi connectivity index (χ2v) is 4.02. The van der Waals surface area contributed by atoms with Gasteiger partial charge in [-0.25, -0.2) is 8.78 Å². The van der Waals surface area contributed by atoms with Gasteiger partial charge >= 0.3 is 5.97 Å². The molecule has 0 radical (unpaired) electrons. The molecule has 1 aromatic carbocycles. The first-order valence-electron chi connectivity index (χ1n) is 5.36. The van der Waals surface area contributed by atoms with E-state index in [1.54, 1.807) is 0 Å². The zero-order chi connectivity index (χ0) is 13.3. The lowest BCUT2D eigenvalue weighted by molar-refractivity contribution is -0.145. The fourth-order valence-electron chi connectivity index (χ4n) is 1.97. The van der Waals surface area contributed by atoms with Crippen molar-refractivity contribution in [1.29, 1.82) is 0 Å². The Morgan fingerprint density at radius 1 is 1.44 bits per heavy atom. The lowest BCUT2D eigenvalue weighted by Gasteiger charge is -2.17. The van der Waals surface area contributed by atoms with Crippen LogP contribution in [0.15, 0.2) is 18.2 Å². The van der Waals surface area contributed by atoms with Gasteiger partial charge in [0.25, 0.3) is 0 Å². The van der Waals surface area contributed by atoms with Crippen molar-refractivity contribution in [2.24, 2.45) is 5.92 Å².